The summed E-state index contributed by atoms with van der Waals surface area (Å²) < 4.78 is 5.88. The Morgan fingerprint density at radius 2 is 1.59 bits per heavy atom. The molecule has 4 nitrogen and oxygen atoms in total. The van der Waals surface area contributed by atoms with Crippen LogP contribution >= 0.6 is 0 Å². The molecule has 4 heteroatoms. The summed E-state index contributed by atoms with van der Waals surface area (Å²) in [5.74, 6) is -0.0483. The molecule has 0 saturated heterocycles. The van der Waals surface area contributed by atoms with Crippen molar-refractivity contribution in [2.24, 2.45) is 0 Å². The van der Waals surface area contributed by atoms with Crippen molar-refractivity contribution in [3.63, 3.8) is 0 Å². The van der Waals surface area contributed by atoms with E-state index in [1.807, 2.05) is 6.92 Å². The monoisotopic (exact) mass is 435 g/mol. The second-order valence-corrected chi connectivity index (χ2v) is 10.8. The fourth-order valence-corrected chi connectivity index (χ4v) is 5.28. The Morgan fingerprint density at radius 1 is 0.969 bits per heavy atom. The van der Waals surface area contributed by atoms with Crippen LogP contribution in [-0.2, 0) is 16.6 Å². The van der Waals surface area contributed by atoms with Crippen molar-refractivity contribution >= 4 is 11.8 Å². The number of ketones is 1. The summed E-state index contributed by atoms with van der Waals surface area (Å²) in [6.45, 7) is 8.49. The molecule has 2 aromatic rings. The van der Waals surface area contributed by atoms with Crippen LogP contribution in [0.3, 0.4) is 0 Å². The topological polar surface area (TPSA) is 59.2 Å². The number of carbonyl (C=O) groups excluding carboxylic acids is 2. The molecule has 1 fully saturated rings. The predicted molar refractivity (Wildman–Crippen MR) is 128 cm³/mol. The molecule has 2 aliphatic carbocycles. The number of benzene rings is 1. The molecule has 4 rings (SSSR count). The van der Waals surface area contributed by atoms with E-state index >= 15 is 0 Å². The Morgan fingerprint density at radius 3 is 2.22 bits per heavy atom. The van der Waals surface area contributed by atoms with Gasteiger partial charge in [0.2, 0.25) is 0 Å². The minimum absolute atomic E-state index is 0.00712. The van der Waals surface area contributed by atoms with Gasteiger partial charge in [-0.1, -0.05) is 64.3 Å². The lowest BCUT2D eigenvalue weighted by atomic mass is 9.80. The van der Waals surface area contributed by atoms with Crippen molar-refractivity contribution in [1.29, 1.82) is 0 Å². The number of ether oxygens (including phenoxy) is 1. The molecule has 1 heterocycles. The maximum atomic E-state index is 13.1. The number of aromatic nitrogens is 1. The molecule has 0 unspecified atom stereocenters. The molecule has 0 radical (unpaired) electrons. The van der Waals surface area contributed by atoms with Crippen LogP contribution < -0.4 is 0 Å². The number of rotatable bonds is 3. The smallest absolute Gasteiger partial charge is 0.355 e. The average Bonchev–Trinajstić information content (AvgIpc) is 3.06. The van der Waals surface area contributed by atoms with Crippen LogP contribution in [0.25, 0.3) is 0 Å². The van der Waals surface area contributed by atoms with Gasteiger partial charge in [0, 0.05) is 17.7 Å². The van der Waals surface area contributed by atoms with Crippen LogP contribution in [0.1, 0.15) is 121 Å². The Kier molecular flexibility index (Phi) is 6.60. The van der Waals surface area contributed by atoms with Gasteiger partial charge < -0.3 is 9.72 Å². The van der Waals surface area contributed by atoms with Crippen LogP contribution in [0.2, 0.25) is 0 Å². The summed E-state index contributed by atoms with van der Waals surface area (Å²) in [4.78, 5) is 29.3. The number of fused-ring (bicyclic) bond motifs is 1. The summed E-state index contributed by atoms with van der Waals surface area (Å²) in [6.07, 6.45) is 9.06. The van der Waals surface area contributed by atoms with Crippen molar-refractivity contribution < 1.29 is 14.3 Å². The van der Waals surface area contributed by atoms with Crippen LogP contribution in [0, 0.1) is 6.92 Å². The molecule has 32 heavy (non-hydrogen) atoms. The summed E-state index contributed by atoms with van der Waals surface area (Å²) in [5.41, 5.74) is 5.39. The molecule has 0 aliphatic heterocycles. The van der Waals surface area contributed by atoms with E-state index in [9.17, 15) is 9.59 Å². The maximum Gasteiger partial charge on any atom is 0.355 e. The molecule has 0 bridgehead atoms. The van der Waals surface area contributed by atoms with E-state index in [2.05, 4.69) is 50.0 Å². The molecule has 0 amide bonds. The van der Waals surface area contributed by atoms with Crippen molar-refractivity contribution in [3.05, 3.63) is 57.9 Å². The third-order valence-corrected chi connectivity index (χ3v) is 7.27. The van der Waals surface area contributed by atoms with Gasteiger partial charge in [0.05, 0.1) is 0 Å². The van der Waals surface area contributed by atoms with E-state index in [1.165, 1.54) is 30.4 Å². The molecule has 1 N–H and O–H groups in total. The second-order valence-electron chi connectivity index (χ2n) is 10.8. The van der Waals surface area contributed by atoms with Crippen LogP contribution in [0.5, 0.6) is 0 Å². The van der Waals surface area contributed by atoms with Gasteiger partial charge in [-0.25, -0.2) is 4.79 Å². The number of esters is 1. The molecular formula is C28H37NO3. The third-order valence-electron chi connectivity index (χ3n) is 7.27. The van der Waals surface area contributed by atoms with E-state index in [4.69, 9.17) is 4.74 Å². The highest BCUT2D eigenvalue weighted by Crippen LogP contribution is 2.36. The second kappa shape index (κ2) is 9.25. The lowest BCUT2D eigenvalue weighted by molar-refractivity contribution is 0.0232. The van der Waals surface area contributed by atoms with Gasteiger partial charge in [0.25, 0.3) is 0 Å². The van der Waals surface area contributed by atoms with Gasteiger partial charge in [-0.15, -0.1) is 0 Å². The minimum atomic E-state index is -0.304. The zero-order chi connectivity index (χ0) is 22.9. The number of Topliss-reactive ketones (excluding diaryl/α,β-unsaturated/α-hetero) is 1. The van der Waals surface area contributed by atoms with Gasteiger partial charge in [-0.05, 0) is 67.1 Å². The molecule has 0 spiro atoms. The highest BCUT2D eigenvalue weighted by molar-refractivity contribution is 6.03. The van der Waals surface area contributed by atoms with Gasteiger partial charge in [0.1, 0.15) is 11.8 Å². The quantitative estimate of drug-likeness (QED) is 0.539. The normalized spacial score (nSPS) is 20.4. The van der Waals surface area contributed by atoms with E-state index < -0.39 is 0 Å². The molecule has 1 aromatic carbocycles. The number of hydrogen-bond acceptors (Lipinski definition) is 3. The van der Waals surface area contributed by atoms with Crippen LogP contribution in [0.4, 0.5) is 0 Å². The predicted octanol–water partition coefficient (Wildman–Crippen LogP) is 6.80. The zero-order valence-corrected chi connectivity index (χ0v) is 20.1. The highest BCUT2D eigenvalue weighted by Gasteiger charge is 2.33. The van der Waals surface area contributed by atoms with Gasteiger partial charge in [0.15, 0.2) is 5.78 Å². The fraction of sp³-hybridized carbons (Fsp3) is 0.571. The largest absolute Gasteiger partial charge is 0.458 e. The van der Waals surface area contributed by atoms with Crippen molar-refractivity contribution in [2.45, 2.75) is 103 Å². The number of hydrogen-bond donors (Lipinski definition) is 1. The lowest BCUT2D eigenvalue weighted by Crippen LogP contribution is -2.20. The first-order valence-electron chi connectivity index (χ1n) is 12.3. The highest BCUT2D eigenvalue weighted by atomic mass is 16.5. The molecule has 1 saturated carbocycles. The molecule has 172 valence electrons. The molecular weight excluding hydrogens is 398 g/mol. The Balaban J connectivity index is 1.51. The van der Waals surface area contributed by atoms with E-state index in [0.29, 0.717) is 17.7 Å². The number of carbonyl (C=O) groups is 2. The van der Waals surface area contributed by atoms with Gasteiger partial charge in [-0.2, -0.15) is 0 Å². The summed E-state index contributed by atoms with van der Waals surface area (Å²) in [6, 6.07) is 8.66. The van der Waals surface area contributed by atoms with E-state index in [0.717, 1.165) is 43.4 Å². The molecule has 1 atom stereocenters. The first kappa shape index (κ1) is 22.8. The first-order valence-corrected chi connectivity index (χ1v) is 12.3. The van der Waals surface area contributed by atoms with Crippen molar-refractivity contribution in [3.8, 4) is 0 Å². The Hall–Kier alpha value is -2.36. The molecule has 2 aliphatic rings. The number of aromatic amines is 1. The fourth-order valence-electron chi connectivity index (χ4n) is 5.28. The van der Waals surface area contributed by atoms with Gasteiger partial charge in [-0.3, -0.25) is 4.79 Å². The lowest BCUT2D eigenvalue weighted by Gasteiger charge is -2.24. The SMILES string of the molecule is Cc1c(C(=O)OC2CCCCCCC2)[nH]c2c1C(=O)C[C@H](c1ccc(C(C)(C)C)cc1)C2. The first-order chi connectivity index (χ1) is 15.2. The number of nitrogens with one attached hydrogen (secondary N) is 1. The number of H-pyrrole nitrogens is 1. The van der Waals surface area contributed by atoms with Crippen LogP contribution in [-0.4, -0.2) is 22.8 Å². The maximum absolute atomic E-state index is 13.1. The summed E-state index contributed by atoms with van der Waals surface area (Å²) in [7, 11) is 0. The Labute approximate surface area is 192 Å². The van der Waals surface area contributed by atoms with Crippen molar-refractivity contribution in [2.75, 3.05) is 0 Å². The van der Waals surface area contributed by atoms with E-state index in [-0.39, 0.29) is 29.2 Å². The zero-order valence-electron chi connectivity index (χ0n) is 20.1. The summed E-state index contributed by atoms with van der Waals surface area (Å²) in [5, 5.41) is 0. The van der Waals surface area contributed by atoms with E-state index in [1.54, 1.807) is 0 Å². The minimum Gasteiger partial charge on any atom is -0.458 e. The average molecular weight is 436 g/mol. The Bertz CT molecular complexity index is 969. The third kappa shape index (κ3) is 4.84. The summed E-state index contributed by atoms with van der Waals surface area (Å²) >= 11 is 0. The van der Waals surface area contributed by atoms with Crippen molar-refractivity contribution in [1.82, 2.24) is 4.98 Å². The standard InChI is InChI=1S/C28H37NO3/c1-18-25-23(29-26(18)27(31)32-22-10-8-6-5-7-9-11-22)16-20(17-24(25)30)19-12-14-21(15-13-19)28(2,3)4/h12-15,20,22,29H,5-11,16-17H2,1-4H3/t20-/m1/s1. The molecule has 1 aromatic heterocycles. The van der Waals surface area contributed by atoms with Crippen LogP contribution in [0.15, 0.2) is 24.3 Å². The van der Waals surface area contributed by atoms with Gasteiger partial charge >= 0.3 is 5.97 Å².